The maximum atomic E-state index is 11.6. The van der Waals surface area contributed by atoms with Gasteiger partial charge in [0, 0.05) is 12.0 Å². The van der Waals surface area contributed by atoms with Crippen LogP contribution in [0, 0.1) is 11.3 Å². The Morgan fingerprint density at radius 1 is 1.50 bits per heavy atom. The van der Waals surface area contributed by atoms with E-state index < -0.39 is 0 Å². The van der Waals surface area contributed by atoms with E-state index in [1.54, 1.807) is 0 Å². The molecule has 3 heteroatoms. The van der Waals surface area contributed by atoms with Gasteiger partial charge >= 0.3 is 0 Å². The predicted molar refractivity (Wildman–Crippen MR) is 53.7 cm³/mol. The maximum Gasteiger partial charge on any atom is 0.225 e. The van der Waals surface area contributed by atoms with Crippen molar-refractivity contribution in [3.63, 3.8) is 0 Å². The van der Waals surface area contributed by atoms with Gasteiger partial charge in [0.15, 0.2) is 0 Å². The summed E-state index contributed by atoms with van der Waals surface area (Å²) in [5, 5.41) is 12.3. The van der Waals surface area contributed by atoms with Crippen LogP contribution in [-0.2, 0) is 4.79 Å². The maximum absolute atomic E-state index is 11.6. The fourth-order valence-electron chi connectivity index (χ4n) is 2.10. The highest BCUT2D eigenvalue weighted by Crippen LogP contribution is 2.45. The Morgan fingerprint density at radius 2 is 2.21 bits per heavy atom. The number of aliphatic hydroxyl groups is 1. The summed E-state index contributed by atoms with van der Waals surface area (Å²) in [4.78, 5) is 11.6. The molecule has 0 aromatic rings. The molecule has 80 valence electrons. The van der Waals surface area contributed by atoms with Crippen LogP contribution in [0.1, 0.15) is 39.0 Å². The zero-order valence-corrected chi connectivity index (χ0v) is 8.75. The predicted octanol–water partition coefficient (Wildman–Crippen LogP) is 1.06. The van der Waals surface area contributed by atoms with Crippen LogP contribution in [0.5, 0.6) is 0 Å². The smallest absolute Gasteiger partial charge is 0.225 e. The molecule has 0 aliphatic heterocycles. The Kier molecular flexibility index (Phi) is 2.52. The SMILES string of the molecule is CC1(C(=O)NCC2CCC(O)C2)CC1. The summed E-state index contributed by atoms with van der Waals surface area (Å²) < 4.78 is 0. The number of aliphatic hydroxyl groups excluding tert-OH is 1. The van der Waals surface area contributed by atoms with Crippen molar-refractivity contribution in [3.05, 3.63) is 0 Å². The highest BCUT2D eigenvalue weighted by Gasteiger charge is 2.44. The largest absolute Gasteiger partial charge is 0.393 e. The van der Waals surface area contributed by atoms with Crippen molar-refractivity contribution in [2.24, 2.45) is 11.3 Å². The van der Waals surface area contributed by atoms with E-state index in [9.17, 15) is 9.90 Å². The molecule has 14 heavy (non-hydrogen) atoms. The molecule has 0 radical (unpaired) electrons. The molecule has 0 spiro atoms. The van der Waals surface area contributed by atoms with Gasteiger partial charge < -0.3 is 10.4 Å². The Hall–Kier alpha value is -0.570. The lowest BCUT2D eigenvalue weighted by Gasteiger charge is -2.13. The van der Waals surface area contributed by atoms with E-state index in [1.807, 2.05) is 6.92 Å². The van der Waals surface area contributed by atoms with Gasteiger partial charge in [0.1, 0.15) is 0 Å². The monoisotopic (exact) mass is 197 g/mol. The second-order valence-electron chi connectivity index (χ2n) is 5.10. The first-order valence-electron chi connectivity index (χ1n) is 5.56. The van der Waals surface area contributed by atoms with Crippen LogP contribution < -0.4 is 5.32 Å². The van der Waals surface area contributed by atoms with Crippen LogP contribution in [0.4, 0.5) is 0 Å². The highest BCUT2D eigenvalue weighted by molar-refractivity contribution is 5.84. The van der Waals surface area contributed by atoms with Crippen molar-refractivity contribution in [1.29, 1.82) is 0 Å². The summed E-state index contributed by atoms with van der Waals surface area (Å²) in [6.07, 6.45) is 4.75. The van der Waals surface area contributed by atoms with E-state index in [-0.39, 0.29) is 17.4 Å². The normalized spacial score (nSPS) is 34.1. The molecule has 3 nitrogen and oxygen atoms in total. The number of carbonyl (C=O) groups is 1. The molecular weight excluding hydrogens is 178 g/mol. The van der Waals surface area contributed by atoms with Crippen LogP contribution in [0.2, 0.25) is 0 Å². The molecule has 2 aliphatic carbocycles. The fourth-order valence-corrected chi connectivity index (χ4v) is 2.10. The third-order valence-corrected chi connectivity index (χ3v) is 3.61. The van der Waals surface area contributed by atoms with E-state index in [1.165, 1.54) is 0 Å². The molecule has 0 aromatic heterocycles. The summed E-state index contributed by atoms with van der Waals surface area (Å²) in [6.45, 7) is 2.78. The molecule has 2 aliphatic rings. The fraction of sp³-hybridized carbons (Fsp3) is 0.909. The third kappa shape index (κ3) is 2.08. The van der Waals surface area contributed by atoms with Crippen molar-refractivity contribution >= 4 is 5.91 Å². The van der Waals surface area contributed by atoms with E-state index in [0.29, 0.717) is 5.92 Å². The number of carbonyl (C=O) groups excluding carboxylic acids is 1. The molecular formula is C11H19NO2. The first kappa shape index (κ1) is 9.97. The van der Waals surface area contributed by atoms with Crippen molar-refractivity contribution in [2.45, 2.75) is 45.1 Å². The number of hydrogen-bond acceptors (Lipinski definition) is 2. The summed E-state index contributed by atoms with van der Waals surface area (Å²) in [5.74, 6) is 0.704. The summed E-state index contributed by atoms with van der Waals surface area (Å²) in [6, 6.07) is 0. The number of rotatable bonds is 3. The molecule has 0 bridgehead atoms. The lowest BCUT2D eigenvalue weighted by molar-refractivity contribution is -0.125. The van der Waals surface area contributed by atoms with Crippen molar-refractivity contribution in [1.82, 2.24) is 5.32 Å². The van der Waals surface area contributed by atoms with Gasteiger partial charge in [-0.15, -0.1) is 0 Å². The minimum atomic E-state index is -0.131. The Labute approximate surface area is 84.9 Å². The van der Waals surface area contributed by atoms with Gasteiger partial charge in [-0.05, 0) is 38.0 Å². The van der Waals surface area contributed by atoms with Crippen LogP contribution in [0.15, 0.2) is 0 Å². The van der Waals surface area contributed by atoms with Crippen LogP contribution in [-0.4, -0.2) is 23.7 Å². The van der Waals surface area contributed by atoms with E-state index in [4.69, 9.17) is 0 Å². The zero-order valence-electron chi connectivity index (χ0n) is 8.75. The van der Waals surface area contributed by atoms with Gasteiger partial charge in [-0.1, -0.05) is 6.92 Å². The molecule has 0 aromatic carbocycles. The first-order chi connectivity index (χ1) is 6.60. The van der Waals surface area contributed by atoms with E-state index >= 15 is 0 Å². The minimum Gasteiger partial charge on any atom is -0.393 e. The van der Waals surface area contributed by atoms with Gasteiger partial charge in [-0.2, -0.15) is 0 Å². The Bertz CT molecular complexity index is 235. The molecule has 1 amide bonds. The Morgan fingerprint density at radius 3 is 2.71 bits per heavy atom. The van der Waals surface area contributed by atoms with E-state index in [0.717, 1.165) is 38.6 Å². The van der Waals surface area contributed by atoms with Crippen molar-refractivity contribution in [2.75, 3.05) is 6.54 Å². The van der Waals surface area contributed by atoms with Gasteiger partial charge in [0.25, 0.3) is 0 Å². The van der Waals surface area contributed by atoms with Gasteiger partial charge in [-0.3, -0.25) is 4.79 Å². The summed E-state index contributed by atoms with van der Waals surface area (Å²) in [5.41, 5.74) is -0.0583. The zero-order chi connectivity index (χ0) is 10.2. The van der Waals surface area contributed by atoms with E-state index in [2.05, 4.69) is 5.32 Å². The van der Waals surface area contributed by atoms with Crippen molar-refractivity contribution < 1.29 is 9.90 Å². The van der Waals surface area contributed by atoms with Crippen LogP contribution in [0.3, 0.4) is 0 Å². The standard InChI is InChI=1S/C11H19NO2/c1-11(4-5-11)10(14)12-7-8-2-3-9(13)6-8/h8-9,13H,2-7H2,1H3,(H,12,14). The molecule has 2 saturated carbocycles. The second-order valence-corrected chi connectivity index (χ2v) is 5.10. The highest BCUT2D eigenvalue weighted by atomic mass is 16.3. The average molecular weight is 197 g/mol. The summed E-state index contributed by atoms with van der Waals surface area (Å²) >= 11 is 0. The van der Waals surface area contributed by atoms with Crippen LogP contribution in [0.25, 0.3) is 0 Å². The lowest BCUT2D eigenvalue weighted by atomic mass is 10.1. The summed E-state index contributed by atoms with van der Waals surface area (Å²) in [7, 11) is 0. The lowest BCUT2D eigenvalue weighted by Crippen LogP contribution is -2.33. The van der Waals surface area contributed by atoms with Crippen molar-refractivity contribution in [3.8, 4) is 0 Å². The average Bonchev–Trinajstić information content (AvgIpc) is 2.76. The minimum absolute atomic E-state index is 0.0583. The molecule has 2 rings (SSSR count). The molecule has 2 fully saturated rings. The third-order valence-electron chi connectivity index (χ3n) is 3.61. The molecule has 2 N–H and O–H groups in total. The topological polar surface area (TPSA) is 49.3 Å². The molecule has 2 atom stereocenters. The van der Waals surface area contributed by atoms with Gasteiger partial charge in [0.2, 0.25) is 5.91 Å². The number of hydrogen-bond donors (Lipinski definition) is 2. The Balaban J connectivity index is 1.70. The number of amides is 1. The van der Waals surface area contributed by atoms with Crippen LogP contribution >= 0.6 is 0 Å². The van der Waals surface area contributed by atoms with Gasteiger partial charge in [-0.25, -0.2) is 0 Å². The first-order valence-corrected chi connectivity index (χ1v) is 5.56. The number of nitrogens with one attached hydrogen (secondary N) is 1. The molecule has 2 unspecified atom stereocenters. The molecule has 0 heterocycles. The second kappa shape index (κ2) is 3.54. The quantitative estimate of drug-likeness (QED) is 0.711. The van der Waals surface area contributed by atoms with Gasteiger partial charge in [0.05, 0.1) is 6.10 Å². The molecule has 0 saturated heterocycles.